The maximum Gasteiger partial charge on any atom is 0.269 e. The molecule has 2 heterocycles. The van der Waals surface area contributed by atoms with E-state index in [2.05, 4.69) is 27.2 Å². The summed E-state index contributed by atoms with van der Waals surface area (Å²) in [6.45, 7) is 3.32. The minimum atomic E-state index is -0.175. The normalized spacial score (nSPS) is 13.0. The van der Waals surface area contributed by atoms with E-state index < -0.39 is 0 Å². The molecule has 0 fully saturated rings. The number of hydrogen-bond donors (Lipinski definition) is 2. The summed E-state index contributed by atoms with van der Waals surface area (Å²) in [4.78, 5) is 13.7. The fourth-order valence-electron chi connectivity index (χ4n) is 2.40. The Labute approximate surface area is 122 Å². The van der Waals surface area contributed by atoms with Gasteiger partial charge in [-0.3, -0.25) is 4.79 Å². The number of H-pyrrole nitrogens is 1. The molecule has 21 heavy (non-hydrogen) atoms. The molecule has 108 valence electrons. The van der Waals surface area contributed by atoms with E-state index in [0.717, 1.165) is 16.8 Å². The number of hydrogen-bond acceptors (Lipinski definition) is 5. The first-order valence-corrected chi connectivity index (χ1v) is 6.67. The molecule has 0 unspecified atom stereocenters. The third-order valence-corrected chi connectivity index (χ3v) is 3.51. The topological polar surface area (TPSA) is 78.5 Å². The van der Waals surface area contributed by atoms with Gasteiger partial charge in [0.15, 0.2) is 5.75 Å². The predicted octanol–water partition coefficient (Wildman–Crippen LogP) is 0.570. The molecule has 0 amide bonds. The van der Waals surface area contributed by atoms with E-state index in [1.807, 2.05) is 6.07 Å². The quantitative estimate of drug-likeness (QED) is 0.858. The van der Waals surface area contributed by atoms with Crippen molar-refractivity contribution in [3.05, 3.63) is 51.4 Å². The molecular weight excluding hydrogens is 270 g/mol. The van der Waals surface area contributed by atoms with Crippen LogP contribution in [0.2, 0.25) is 0 Å². The molecule has 1 aliphatic rings. The summed E-state index contributed by atoms with van der Waals surface area (Å²) < 4.78 is 5.34. The first kappa shape index (κ1) is 13.5. The zero-order valence-electron chi connectivity index (χ0n) is 11.6. The lowest BCUT2D eigenvalue weighted by atomic mass is 10.2. The van der Waals surface area contributed by atoms with Crippen LogP contribution in [-0.2, 0) is 13.1 Å². The van der Waals surface area contributed by atoms with Crippen molar-refractivity contribution >= 4 is 5.69 Å². The summed E-state index contributed by atoms with van der Waals surface area (Å²) in [7, 11) is 0. The van der Waals surface area contributed by atoms with Gasteiger partial charge >= 0.3 is 0 Å². The van der Waals surface area contributed by atoms with Crippen molar-refractivity contribution in [1.29, 1.82) is 0 Å². The SMILES string of the molecule is Cc1c(N2Cc3c#cc(OCCO)cc3C2)cn[nH]c1=O. The molecule has 0 atom stereocenters. The van der Waals surface area contributed by atoms with Crippen molar-refractivity contribution in [2.45, 2.75) is 20.0 Å². The van der Waals surface area contributed by atoms with Crippen LogP contribution in [0.25, 0.3) is 0 Å². The van der Waals surface area contributed by atoms with E-state index in [1.165, 1.54) is 0 Å². The van der Waals surface area contributed by atoms with Gasteiger partial charge in [-0.15, -0.1) is 0 Å². The van der Waals surface area contributed by atoms with Gasteiger partial charge in [0.2, 0.25) is 0 Å². The first-order chi connectivity index (χ1) is 10.2. The number of aliphatic hydroxyl groups is 1. The highest BCUT2D eigenvalue weighted by Gasteiger charge is 2.22. The van der Waals surface area contributed by atoms with E-state index in [-0.39, 0.29) is 18.8 Å². The van der Waals surface area contributed by atoms with Crippen molar-refractivity contribution in [3.63, 3.8) is 0 Å². The fourth-order valence-corrected chi connectivity index (χ4v) is 2.40. The minimum Gasteiger partial charge on any atom is -0.483 e. The van der Waals surface area contributed by atoms with Gasteiger partial charge in [-0.25, -0.2) is 5.10 Å². The van der Waals surface area contributed by atoms with Crippen LogP contribution < -0.4 is 15.2 Å². The van der Waals surface area contributed by atoms with Crippen LogP contribution in [0.3, 0.4) is 0 Å². The van der Waals surface area contributed by atoms with E-state index in [1.54, 1.807) is 13.1 Å². The van der Waals surface area contributed by atoms with E-state index in [0.29, 0.717) is 24.4 Å². The molecule has 2 N–H and O–H groups in total. The van der Waals surface area contributed by atoms with E-state index in [4.69, 9.17) is 9.84 Å². The molecular formula is C15H15N3O3. The highest BCUT2D eigenvalue weighted by atomic mass is 16.5. The second-order valence-electron chi connectivity index (χ2n) is 4.90. The molecule has 0 spiro atoms. The lowest BCUT2D eigenvalue weighted by molar-refractivity contribution is 0.201. The number of aromatic nitrogens is 2. The zero-order valence-corrected chi connectivity index (χ0v) is 11.6. The summed E-state index contributed by atoms with van der Waals surface area (Å²) in [5.41, 5.74) is 3.41. The van der Waals surface area contributed by atoms with Gasteiger partial charge in [0, 0.05) is 17.7 Å². The molecule has 0 saturated carbocycles. The molecule has 6 heteroatoms. The van der Waals surface area contributed by atoms with Crippen LogP contribution >= 0.6 is 0 Å². The Morgan fingerprint density at radius 1 is 1.48 bits per heavy atom. The number of ether oxygens (including phenoxy) is 1. The Hall–Kier alpha value is -2.52. The predicted molar refractivity (Wildman–Crippen MR) is 76.2 cm³/mol. The molecule has 0 bridgehead atoms. The Bertz CT molecular complexity index is 712. The standard InChI is InChI=1S/C15H15N3O3/c1-10-14(7-16-17-15(10)20)18-8-11-2-3-13(21-5-4-19)6-12(11)9-18/h6-7,19H,4-5,8-9H2,1H3,(H,17,20). The number of aromatic amines is 1. The summed E-state index contributed by atoms with van der Waals surface area (Å²) in [6.07, 6.45) is 1.66. The van der Waals surface area contributed by atoms with Crippen molar-refractivity contribution in [1.82, 2.24) is 10.2 Å². The number of aliphatic hydroxyl groups excluding tert-OH is 1. The Morgan fingerprint density at radius 2 is 2.33 bits per heavy atom. The van der Waals surface area contributed by atoms with Crippen molar-refractivity contribution < 1.29 is 9.84 Å². The Balaban J connectivity index is 1.84. The van der Waals surface area contributed by atoms with Gasteiger partial charge in [-0.05, 0) is 24.6 Å². The Kier molecular flexibility index (Phi) is 3.50. The fraction of sp³-hybridized carbons (Fsp3) is 0.333. The molecule has 1 aliphatic heterocycles. The third kappa shape index (κ3) is 2.56. The highest BCUT2D eigenvalue weighted by Crippen LogP contribution is 2.29. The third-order valence-electron chi connectivity index (χ3n) is 3.51. The lowest BCUT2D eigenvalue weighted by Gasteiger charge is -2.18. The average molecular weight is 285 g/mol. The number of nitrogens with one attached hydrogen (secondary N) is 1. The average Bonchev–Trinajstić information content (AvgIpc) is 2.90. The van der Waals surface area contributed by atoms with Crippen molar-refractivity contribution in [2.75, 3.05) is 18.1 Å². The number of fused-ring (bicyclic) bond motifs is 1. The molecule has 6 nitrogen and oxygen atoms in total. The van der Waals surface area contributed by atoms with Gasteiger partial charge in [0.25, 0.3) is 5.56 Å². The monoisotopic (exact) mass is 285 g/mol. The van der Waals surface area contributed by atoms with Crippen LogP contribution in [0.1, 0.15) is 16.7 Å². The molecule has 0 saturated heterocycles. The second-order valence-corrected chi connectivity index (χ2v) is 4.90. The minimum absolute atomic E-state index is 0.0330. The van der Waals surface area contributed by atoms with Crippen LogP contribution in [0, 0.1) is 19.1 Å². The maximum absolute atomic E-state index is 11.6. The largest absolute Gasteiger partial charge is 0.483 e. The van der Waals surface area contributed by atoms with Crippen LogP contribution in [0.4, 0.5) is 5.69 Å². The van der Waals surface area contributed by atoms with Gasteiger partial charge in [0.05, 0.1) is 25.0 Å². The van der Waals surface area contributed by atoms with E-state index >= 15 is 0 Å². The van der Waals surface area contributed by atoms with Crippen LogP contribution in [0.15, 0.2) is 17.1 Å². The number of anilines is 1. The maximum atomic E-state index is 11.6. The zero-order chi connectivity index (χ0) is 14.8. The second kappa shape index (κ2) is 5.46. The molecule has 1 aromatic heterocycles. The van der Waals surface area contributed by atoms with Gasteiger partial charge < -0.3 is 14.7 Å². The number of nitrogens with zero attached hydrogens (tertiary/aromatic N) is 2. The summed E-state index contributed by atoms with van der Waals surface area (Å²) in [5.74, 6) is 0.574. The first-order valence-electron chi connectivity index (χ1n) is 6.67. The van der Waals surface area contributed by atoms with Crippen molar-refractivity contribution in [2.24, 2.45) is 0 Å². The Morgan fingerprint density at radius 3 is 3.14 bits per heavy atom. The number of rotatable bonds is 4. The van der Waals surface area contributed by atoms with Gasteiger partial charge in [0.1, 0.15) is 6.61 Å². The molecule has 1 aromatic carbocycles. The molecule has 0 radical (unpaired) electrons. The molecule has 3 rings (SSSR count). The van der Waals surface area contributed by atoms with Crippen molar-refractivity contribution in [3.8, 4) is 5.75 Å². The lowest BCUT2D eigenvalue weighted by Crippen LogP contribution is -2.21. The summed E-state index contributed by atoms with van der Waals surface area (Å²) >= 11 is 0. The summed E-state index contributed by atoms with van der Waals surface area (Å²) in [6, 6.07) is 7.91. The highest BCUT2D eigenvalue weighted by molar-refractivity contribution is 5.54. The molecule has 2 aromatic rings. The van der Waals surface area contributed by atoms with Crippen LogP contribution in [-0.4, -0.2) is 28.5 Å². The van der Waals surface area contributed by atoms with E-state index in [9.17, 15) is 4.79 Å². The summed E-state index contributed by atoms with van der Waals surface area (Å²) in [5, 5.41) is 15.1. The molecule has 0 aliphatic carbocycles. The smallest absolute Gasteiger partial charge is 0.269 e. The van der Waals surface area contributed by atoms with Gasteiger partial charge in [-0.1, -0.05) is 6.07 Å². The van der Waals surface area contributed by atoms with Gasteiger partial charge in [-0.2, -0.15) is 5.10 Å². The van der Waals surface area contributed by atoms with Crippen LogP contribution in [0.5, 0.6) is 5.75 Å².